The summed E-state index contributed by atoms with van der Waals surface area (Å²) in [5, 5.41) is 12.8. The van der Waals surface area contributed by atoms with Gasteiger partial charge in [0.15, 0.2) is 0 Å². The van der Waals surface area contributed by atoms with Gasteiger partial charge in [-0.15, -0.1) is 0 Å². The van der Waals surface area contributed by atoms with E-state index in [2.05, 4.69) is 17.1 Å². The topological polar surface area (TPSA) is 54.0 Å². The summed E-state index contributed by atoms with van der Waals surface area (Å²) in [6, 6.07) is 8.34. The number of hydrogen-bond donors (Lipinski definition) is 2. The molecule has 118 valence electrons. The molecule has 1 heterocycles. The fraction of sp³-hybridized carbons (Fsp3) is 0.625. The average Bonchev–Trinajstić information content (AvgIpc) is 2.52. The van der Waals surface area contributed by atoms with Crippen LogP contribution in [-0.4, -0.2) is 62.0 Å². The van der Waals surface area contributed by atoms with Crippen molar-refractivity contribution < 1.29 is 14.6 Å². The molecule has 21 heavy (non-hydrogen) atoms. The zero-order valence-electron chi connectivity index (χ0n) is 12.9. The van der Waals surface area contributed by atoms with Gasteiger partial charge >= 0.3 is 0 Å². The SMILES string of the molecule is COc1ccc(OCCCN2CC(C)NCC2CO)cc1. The van der Waals surface area contributed by atoms with Crippen molar-refractivity contribution in [1.82, 2.24) is 10.2 Å². The van der Waals surface area contributed by atoms with E-state index in [1.807, 2.05) is 24.3 Å². The minimum Gasteiger partial charge on any atom is -0.497 e. The van der Waals surface area contributed by atoms with Crippen LogP contribution in [0.3, 0.4) is 0 Å². The highest BCUT2D eigenvalue weighted by Crippen LogP contribution is 2.17. The Hall–Kier alpha value is -1.30. The van der Waals surface area contributed by atoms with Crippen molar-refractivity contribution in [3.63, 3.8) is 0 Å². The van der Waals surface area contributed by atoms with E-state index in [9.17, 15) is 5.11 Å². The van der Waals surface area contributed by atoms with Crippen LogP contribution in [0.4, 0.5) is 0 Å². The summed E-state index contributed by atoms with van der Waals surface area (Å²) in [7, 11) is 1.65. The van der Waals surface area contributed by atoms with Gasteiger partial charge in [0, 0.05) is 31.7 Å². The highest BCUT2D eigenvalue weighted by atomic mass is 16.5. The fourth-order valence-corrected chi connectivity index (χ4v) is 2.62. The molecule has 1 fully saturated rings. The molecule has 0 saturated carbocycles. The molecule has 1 aliphatic rings. The van der Waals surface area contributed by atoms with Crippen LogP contribution in [0.15, 0.2) is 24.3 Å². The zero-order valence-corrected chi connectivity index (χ0v) is 12.9. The quantitative estimate of drug-likeness (QED) is 0.738. The van der Waals surface area contributed by atoms with E-state index in [1.165, 1.54) is 0 Å². The van der Waals surface area contributed by atoms with Crippen LogP contribution < -0.4 is 14.8 Å². The van der Waals surface area contributed by atoms with Gasteiger partial charge in [0.1, 0.15) is 11.5 Å². The second-order valence-corrected chi connectivity index (χ2v) is 5.52. The minimum absolute atomic E-state index is 0.207. The molecular weight excluding hydrogens is 268 g/mol. The highest BCUT2D eigenvalue weighted by Gasteiger charge is 2.24. The van der Waals surface area contributed by atoms with E-state index in [4.69, 9.17) is 9.47 Å². The van der Waals surface area contributed by atoms with Crippen LogP contribution in [0.5, 0.6) is 11.5 Å². The zero-order chi connectivity index (χ0) is 15.1. The third kappa shape index (κ3) is 4.88. The van der Waals surface area contributed by atoms with E-state index in [-0.39, 0.29) is 12.6 Å². The number of nitrogens with one attached hydrogen (secondary N) is 1. The molecule has 1 aromatic carbocycles. The van der Waals surface area contributed by atoms with Crippen molar-refractivity contribution >= 4 is 0 Å². The van der Waals surface area contributed by atoms with Crippen LogP contribution in [0.25, 0.3) is 0 Å². The first-order valence-corrected chi connectivity index (χ1v) is 7.58. The van der Waals surface area contributed by atoms with Crippen LogP contribution >= 0.6 is 0 Å². The van der Waals surface area contributed by atoms with Gasteiger partial charge < -0.3 is 19.9 Å². The molecule has 2 rings (SSSR count). The summed E-state index contributed by atoms with van der Waals surface area (Å²) in [6.07, 6.45) is 0.954. The largest absolute Gasteiger partial charge is 0.497 e. The molecule has 2 unspecified atom stereocenters. The maximum absolute atomic E-state index is 9.41. The summed E-state index contributed by atoms with van der Waals surface area (Å²) in [4.78, 5) is 2.35. The number of rotatable bonds is 7. The Kier molecular flexibility index (Phi) is 6.29. The van der Waals surface area contributed by atoms with Crippen molar-refractivity contribution in [1.29, 1.82) is 0 Å². The van der Waals surface area contributed by atoms with Crippen LogP contribution in [0.2, 0.25) is 0 Å². The van der Waals surface area contributed by atoms with Crippen LogP contribution in [-0.2, 0) is 0 Å². The maximum atomic E-state index is 9.41. The second kappa shape index (κ2) is 8.22. The Morgan fingerprint density at radius 2 is 2.00 bits per heavy atom. The lowest BCUT2D eigenvalue weighted by atomic mass is 10.1. The Labute approximate surface area is 126 Å². The summed E-state index contributed by atoms with van der Waals surface area (Å²) < 4.78 is 10.8. The number of nitrogens with zero attached hydrogens (tertiary/aromatic N) is 1. The molecule has 0 radical (unpaired) electrons. The Bertz CT molecular complexity index is 410. The number of ether oxygens (including phenoxy) is 2. The van der Waals surface area contributed by atoms with Crippen molar-refractivity contribution in [2.45, 2.75) is 25.4 Å². The molecule has 0 spiro atoms. The number of methoxy groups -OCH3 is 1. The Morgan fingerprint density at radius 3 is 2.67 bits per heavy atom. The van der Waals surface area contributed by atoms with Crippen molar-refractivity contribution in [3.05, 3.63) is 24.3 Å². The molecule has 0 bridgehead atoms. The van der Waals surface area contributed by atoms with E-state index < -0.39 is 0 Å². The van der Waals surface area contributed by atoms with Crippen molar-refractivity contribution in [3.8, 4) is 11.5 Å². The first-order valence-electron chi connectivity index (χ1n) is 7.58. The lowest BCUT2D eigenvalue weighted by molar-refractivity contribution is 0.0793. The van der Waals surface area contributed by atoms with Gasteiger partial charge in [-0.05, 0) is 37.6 Å². The monoisotopic (exact) mass is 294 g/mol. The number of benzene rings is 1. The first kappa shape index (κ1) is 16.1. The number of aliphatic hydroxyl groups excluding tert-OH is 1. The third-order valence-corrected chi connectivity index (χ3v) is 3.86. The maximum Gasteiger partial charge on any atom is 0.119 e. The molecular formula is C16H26N2O3. The molecule has 1 aromatic rings. The smallest absolute Gasteiger partial charge is 0.119 e. The summed E-state index contributed by atoms with van der Waals surface area (Å²) in [6.45, 7) is 5.86. The predicted molar refractivity (Wildman–Crippen MR) is 83.0 cm³/mol. The Balaban J connectivity index is 1.70. The van der Waals surface area contributed by atoms with Crippen LogP contribution in [0, 0.1) is 0 Å². The van der Waals surface area contributed by atoms with Crippen molar-refractivity contribution in [2.24, 2.45) is 0 Å². The van der Waals surface area contributed by atoms with Gasteiger partial charge in [0.05, 0.1) is 20.3 Å². The summed E-state index contributed by atoms with van der Waals surface area (Å²) >= 11 is 0. The second-order valence-electron chi connectivity index (χ2n) is 5.52. The number of piperazine rings is 1. The number of hydrogen-bond acceptors (Lipinski definition) is 5. The van der Waals surface area contributed by atoms with E-state index in [0.29, 0.717) is 12.6 Å². The Morgan fingerprint density at radius 1 is 1.29 bits per heavy atom. The van der Waals surface area contributed by atoms with Gasteiger partial charge in [-0.2, -0.15) is 0 Å². The molecule has 1 saturated heterocycles. The average molecular weight is 294 g/mol. The normalized spacial score (nSPS) is 23.0. The molecule has 2 N–H and O–H groups in total. The first-order chi connectivity index (χ1) is 10.2. The van der Waals surface area contributed by atoms with Gasteiger partial charge in [-0.1, -0.05) is 0 Å². The summed E-state index contributed by atoms with van der Waals surface area (Å²) in [5.41, 5.74) is 0. The molecule has 0 aliphatic carbocycles. The predicted octanol–water partition coefficient (Wildman–Crippen LogP) is 1.12. The molecule has 5 heteroatoms. The molecule has 0 aromatic heterocycles. The van der Waals surface area contributed by atoms with Crippen molar-refractivity contribution in [2.75, 3.05) is 40.0 Å². The molecule has 1 aliphatic heterocycles. The minimum atomic E-state index is 0.207. The van der Waals surface area contributed by atoms with Gasteiger partial charge in [-0.3, -0.25) is 4.90 Å². The summed E-state index contributed by atoms with van der Waals surface area (Å²) in [5.74, 6) is 1.70. The lowest BCUT2D eigenvalue weighted by Crippen LogP contribution is -2.57. The number of aliphatic hydroxyl groups is 1. The van der Waals surface area contributed by atoms with Gasteiger partial charge in [-0.25, -0.2) is 0 Å². The van der Waals surface area contributed by atoms with E-state index in [0.717, 1.165) is 37.6 Å². The standard InChI is InChI=1S/C16H26N2O3/c1-13-11-18(14(12-19)10-17-13)8-3-9-21-16-6-4-15(20-2)5-7-16/h4-7,13-14,17,19H,3,8-12H2,1-2H3. The molecule has 5 nitrogen and oxygen atoms in total. The van der Waals surface area contributed by atoms with E-state index >= 15 is 0 Å². The lowest BCUT2D eigenvalue weighted by Gasteiger charge is -2.38. The molecule has 0 amide bonds. The van der Waals surface area contributed by atoms with Gasteiger partial charge in [0.2, 0.25) is 0 Å². The van der Waals surface area contributed by atoms with E-state index in [1.54, 1.807) is 7.11 Å². The van der Waals surface area contributed by atoms with Crippen LogP contribution in [0.1, 0.15) is 13.3 Å². The highest BCUT2D eigenvalue weighted by molar-refractivity contribution is 5.31. The third-order valence-electron chi connectivity index (χ3n) is 3.86. The fourth-order valence-electron chi connectivity index (χ4n) is 2.62. The molecule has 2 atom stereocenters. The van der Waals surface area contributed by atoms with Gasteiger partial charge in [0.25, 0.3) is 0 Å².